The molecule has 0 bridgehead atoms. The van der Waals surface area contributed by atoms with Gasteiger partial charge < -0.3 is 9.88 Å². The van der Waals surface area contributed by atoms with Gasteiger partial charge in [0.1, 0.15) is 0 Å². The second-order valence-electron chi connectivity index (χ2n) is 4.99. The number of benzene rings is 2. The highest BCUT2D eigenvalue weighted by Gasteiger charge is 2.11. The minimum Gasteiger partial charge on any atom is -0.350 e. The van der Waals surface area contributed by atoms with Crippen LogP contribution >= 0.6 is 11.6 Å². The van der Waals surface area contributed by atoms with Crippen LogP contribution in [-0.4, -0.2) is 10.5 Å². The Labute approximate surface area is 128 Å². The van der Waals surface area contributed by atoms with Gasteiger partial charge in [-0.25, -0.2) is 0 Å². The average Bonchev–Trinajstić information content (AvgIpc) is 2.79. The summed E-state index contributed by atoms with van der Waals surface area (Å²) in [6.45, 7) is 0. The normalized spacial score (nSPS) is 10.8. The van der Waals surface area contributed by atoms with E-state index in [2.05, 4.69) is 5.32 Å². The third kappa shape index (κ3) is 2.78. The van der Waals surface area contributed by atoms with E-state index in [-0.39, 0.29) is 5.91 Å². The van der Waals surface area contributed by atoms with Gasteiger partial charge in [-0.15, -0.1) is 0 Å². The fraction of sp³-hybridized carbons (Fsp3) is 0.118. The van der Waals surface area contributed by atoms with Gasteiger partial charge in [0.05, 0.1) is 17.1 Å². The lowest BCUT2D eigenvalue weighted by Gasteiger charge is -2.06. The first-order valence-corrected chi connectivity index (χ1v) is 7.10. The first-order valence-electron chi connectivity index (χ1n) is 6.72. The zero-order chi connectivity index (χ0) is 14.8. The molecule has 1 heterocycles. The van der Waals surface area contributed by atoms with Crippen LogP contribution in [0.5, 0.6) is 0 Å². The third-order valence-electron chi connectivity index (χ3n) is 3.48. The summed E-state index contributed by atoms with van der Waals surface area (Å²) < 4.78 is 2.04. The summed E-state index contributed by atoms with van der Waals surface area (Å²) in [6.07, 6.45) is 2.32. The number of fused-ring (bicyclic) bond motifs is 1. The predicted octanol–water partition coefficient (Wildman–Crippen LogP) is 4.01. The van der Waals surface area contributed by atoms with Crippen molar-refractivity contribution in [1.29, 1.82) is 0 Å². The van der Waals surface area contributed by atoms with Crippen LogP contribution in [0.15, 0.2) is 54.7 Å². The molecule has 0 saturated heterocycles. The number of para-hydroxylation sites is 2. The Morgan fingerprint density at radius 1 is 1.14 bits per heavy atom. The number of hydrogen-bond donors (Lipinski definition) is 1. The van der Waals surface area contributed by atoms with Crippen LogP contribution in [0.2, 0.25) is 5.02 Å². The number of anilines is 1. The quantitative estimate of drug-likeness (QED) is 0.779. The smallest absolute Gasteiger partial charge is 0.228 e. The van der Waals surface area contributed by atoms with Crippen molar-refractivity contribution in [1.82, 2.24) is 4.57 Å². The molecule has 0 saturated carbocycles. The van der Waals surface area contributed by atoms with Crippen LogP contribution in [0.3, 0.4) is 0 Å². The highest BCUT2D eigenvalue weighted by atomic mass is 35.5. The van der Waals surface area contributed by atoms with Crippen molar-refractivity contribution >= 4 is 34.1 Å². The third-order valence-corrected chi connectivity index (χ3v) is 3.81. The number of carbonyl (C=O) groups is 1. The van der Waals surface area contributed by atoms with Gasteiger partial charge >= 0.3 is 0 Å². The highest BCUT2D eigenvalue weighted by molar-refractivity contribution is 6.33. The van der Waals surface area contributed by atoms with Crippen molar-refractivity contribution in [2.24, 2.45) is 7.05 Å². The summed E-state index contributed by atoms with van der Waals surface area (Å²) in [4.78, 5) is 12.2. The summed E-state index contributed by atoms with van der Waals surface area (Å²) in [6, 6.07) is 15.3. The minimum absolute atomic E-state index is 0.0700. The standard InChI is InChI=1S/C17H15ClN2O/c1-20-11-12(13-6-2-5-9-16(13)20)10-17(21)19-15-8-4-3-7-14(15)18/h2-9,11H,10H2,1H3,(H,19,21). The van der Waals surface area contributed by atoms with E-state index < -0.39 is 0 Å². The molecule has 0 fully saturated rings. The van der Waals surface area contributed by atoms with Crippen molar-refractivity contribution in [3.63, 3.8) is 0 Å². The Bertz CT molecular complexity index is 807. The lowest BCUT2D eigenvalue weighted by atomic mass is 10.1. The maximum Gasteiger partial charge on any atom is 0.228 e. The topological polar surface area (TPSA) is 34.0 Å². The van der Waals surface area contributed by atoms with Gasteiger partial charge in [-0.1, -0.05) is 41.9 Å². The van der Waals surface area contributed by atoms with E-state index in [1.54, 1.807) is 12.1 Å². The minimum atomic E-state index is -0.0700. The van der Waals surface area contributed by atoms with Crippen molar-refractivity contribution in [2.45, 2.75) is 6.42 Å². The molecule has 4 heteroatoms. The van der Waals surface area contributed by atoms with Crippen molar-refractivity contribution in [3.05, 3.63) is 65.3 Å². The summed E-state index contributed by atoms with van der Waals surface area (Å²) in [5, 5.41) is 4.50. The number of halogens is 1. The lowest BCUT2D eigenvalue weighted by Crippen LogP contribution is -2.14. The fourth-order valence-corrected chi connectivity index (χ4v) is 2.68. The molecule has 0 radical (unpaired) electrons. The Morgan fingerprint density at radius 3 is 2.67 bits per heavy atom. The van der Waals surface area contributed by atoms with Gasteiger partial charge in [-0.2, -0.15) is 0 Å². The van der Waals surface area contributed by atoms with Crippen LogP contribution in [0.25, 0.3) is 10.9 Å². The number of nitrogens with zero attached hydrogens (tertiary/aromatic N) is 1. The molecule has 0 atom stereocenters. The SMILES string of the molecule is Cn1cc(CC(=O)Nc2ccccc2Cl)c2ccccc21. The number of rotatable bonds is 3. The molecule has 0 spiro atoms. The number of amides is 1. The molecular formula is C17H15ClN2O. The molecule has 0 aliphatic heterocycles. The van der Waals surface area contributed by atoms with Gasteiger partial charge in [0.25, 0.3) is 0 Å². The highest BCUT2D eigenvalue weighted by Crippen LogP contribution is 2.23. The summed E-state index contributed by atoms with van der Waals surface area (Å²) in [7, 11) is 1.98. The lowest BCUT2D eigenvalue weighted by molar-refractivity contribution is -0.115. The van der Waals surface area contributed by atoms with E-state index in [0.717, 1.165) is 16.5 Å². The van der Waals surface area contributed by atoms with Gasteiger partial charge in [0.2, 0.25) is 5.91 Å². The molecule has 1 aromatic heterocycles. The summed E-state index contributed by atoms with van der Waals surface area (Å²) >= 11 is 6.05. The fourth-order valence-electron chi connectivity index (χ4n) is 2.50. The van der Waals surface area contributed by atoms with E-state index in [0.29, 0.717) is 17.1 Å². The van der Waals surface area contributed by atoms with Gasteiger partial charge in [0, 0.05) is 24.1 Å². The van der Waals surface area contributed by atoms with E-state index in [1.165, 1.54) is 0 Å². The second-order valence-corrected chi connectivity index (χ2v) is 5.39. The number of carbonyl (C=O) groups excluding carboxylic acids is 1. The van der Waals surface area contributed by atoms with Crippen molar-refractivity contribution in [3.8, 4) is 0 Å². The largest absolute Gasteiger partial charge is 0.350 e. The molecule has 0 aliphatic rings. The second kappa shape index (κ2) is 5.62. The monoisotopic (exact) mass is 298 g/mol. The van der Waals surface area contributed by atoms with Gasteiger partial charge in [-0.05, 0) is 23.8 Å². The number of aryl methyl sites for hydroxylation is 1. The van der Waals surface area contributed by atoms with Crippen LogP contribution in [0.4, 0.5) is 5.69 Å². The molecule has 21 heavy (non-hydrogen) atoms. The number of aromatic nitrogens is 1. The molecule has 3 rings (SSSR count). The van der Waals surface area contributed by atoms with Crippen LogP contribution in [-0.2, 0) is 18.3 Å². The molecule has 106 valence electrons. The zero-order valence-electron chi connectivity index (χ0n) is 11.6. The first-order chi connectivity index (χ1) is 10.1. The van der Waals surface area contributed by atoms with Gasteiger partial charge in [0.15, 0.2) is 0 Å². The number of hydrogen-bond acceptors (Lipinski definition) is 1. The predicted molar refractivity (Wildman–Crippen MR) is 86.7 cm³/mol. The van der Waals surface area contributed by atoms with Crippen LogP contribution in [0.1, 0.15) is 5.56 Å². The van der Waals surface area contributed by atoms with Crippen molar-refractivity contribution in [2.75, 3.05) is 5.32 Å². The van der Waals surface area contributed by atoms with Crippen LogP contribution in [0, 0.1) is 0 Å². The summed E-state index contributed by atoms with van der Waals surface area (Å²) in [5.74, 6) is -0.0700. The van der Waals surface area contributed by atoms with E-state index in [4.69, 9.17) is 11.6 Å². The Balaban J connectivity index is 1.82. The molecule has 3 aromatic rings. The van der Waals surface area contributed by atoms with E-state index in [9.17, 15) is 4.79 Å². The molecule has 0 unspecified atom stereocenters. The molecule has 3 nitrogen and oxygen atoms in total. The van der Waals surface area contributed by atoms with E-state index >= 15 is 0 Å². The van der Waals surface area contributed by atoms with Gasteiger partial charge in [-0.3, -0.25) is 4.79 Å². The molecule has 2 aromatic carbocycles. The zero-order valence-corrected chi connectivity index (χ0v) is 12.4. The molecular weight excluding hydrogens is 284 g/mol. The Hall–Kier alpha value is -2.26. The Kier molecular flexibility index (Phi) is 3.67. The molecule has 1 amide bonds. The average molecular weight is 299 g/mol. The summed E-state index contributed by atoms with van der Waals surface area (Å²) in [5.41, 5.74) is 2.78. The van der Waals surface area contributed by atoms with Crippen LogP contribution < -0.4 is 5.32 Å². The van der Waals surface area contributed by atoms with Crippen molar-refractivity contribution < 1.29 is 4.79 Å². The maximum atomic E-state index is 12.2. The number of nitrogens with one attached hydrogen (secondary N) is 1. The molecule has 0 aliphatic carbocycles. The molecule has 1 N–H and O–H groups in total. The first kappa shape index (κ1) is 13.7. The maximum absolute atomic E-state index is 12.2. The Morgan fingerprint density at radius 2 is 1.86 bits per heavy atom. The van der Waals surface area contributed by atoms with E-state index in [1.807, 2.05) is 54.2 Å².